The third-order valence-electron chi connectivity index (χ3n) is 5.38. The van der Waals surface area contributed by atoms with Crippen LogP contribution in [-0.4, -0.2) is 31.7 Å². The molecule has 5 rings (SSSR count). The van der Waals surface area contributed by atoms with Crippen molar-refractivity contribution in [2.45, 2.75) is 6.04 Å². The summed E-state index contributed by atoms with van der Waals surface area (Å²) < 4.78 is 0.459. The number of non-ortho nitro benzene ring substituents is 1. The van der Waals surface area contributed by atoms with Gasteiger partial charge in [0, 0.05) is 23.9 Å². The lowest BCUT2D eigenvalue weighted by Crippen LogP contribution is -2.29. The number of aliphatic hydroxyl groups excluding tert-OH is 1. The monoisotopic (exact) mass is 526 g/mol. The number of pyridine rings is 1. The molecule has 174 valence electrons. The molecule has 1 amide bonds. The Balaban J connectivity index is 1.71. The van der Waals surface area contributed by atoms with Crippen molar-refractivity contribution in [1.29, 1.82) is 0 Å². The maximum Gasteiger partial charge on any atom is 0.301 e. The van der Waals surface area contributed by atoms with E-state index in [0.717, 1.165) is 16.2 Å². The molecule has 12 heteroatoms. The predicted octanol–water partition coefficient (Wildman–Crippen LogP) is 5.53. The van der Waals surface area contributed by atoms with Crippen molar-refractivity contribution in [2.75, 3.05) is 4.90 Å². The van der Waals surface area contributed by atoms with Gasteiger partial charge in [0.05, 0.1) is 36.5 Å². The fourth-order valence-corrected chi connectivity index (χ4v) is 5.09. The lowest BCUT2D eigenvalue weighted by atomic mass is 9.98. The Morgan fingerprint density at radius 1 is 1.09 bits per heavy atom. The summed E-state index contributed by atoms with van der Waals surface area (Å²) in [5.74, 6) is -2.30. The molecule has 0 radical (unpaired) electrons. The van der Waals surface area contributed by atoms with Gasteiger partial charge in [-0.1, -0.05) is 40.6 Å². The van der Waals surface area contributed by atoms with Gasteiger partial charge in [0.2, 0.25) is 0 Å². The van der Waals surface area contributed by atoms with Gasteiger partial charge in [-0.2, -0.15) is 0 Å². The van der Waals surface area contributed by atoms with Crippen molar-refractivity contribution < 1.29 is 19.6 Å². The zero-order chi connectivity index (χ0) is 24.9. The van der Waals surface area contributed by atoms with E-state index in [1.165, 1.54) is 42.6 Å². The molecule has 1 aliphatic rings. The number of nitrogens with zero attached hydrogens (tertiary/aromatic N) is 4. The van der Waals surface area contributed by atoms with Gasteiger partial charge in [-0.3, -0.25) is 29.6 Å². The number of halogens is 2. The van der Waals surface area contributed by atoms with Gasteiger partial charge >= 0.3 is 5.91 Å². The van der Waals surface area contributed by atoms with Crippen molar-refractivity contribution in [3.63, 3.8) is 0 Å². The highest BCUT2D eigenvalue weighted by molar-refractivity contribution is 7.22. The quantitative estimate of drug-likeness (QED) is 0.122. The molecule has 1 N–H and O–H groups in total. The predicted molar refractivity (Wildman–Crippen MR) is 132 cm³/mol. The van der Waals surface area contributed by atoms with Crippen LogP contribution in [0.5, 0.6) is 0 Å². The molecule has 2 aromatic carbocycles. The van der Waals surface area contributed by atoms with Gasteiger partial charge in [-0.25, -0.2) is 4.98 Å². The van der Waals surface area contributed by atoms with E-state index in [1.807, 2.05) is 0 Å². The van der Waals surface area contributed by atoms with Gasteiger partial charge in [0.15, 0.2) is 5.13 Å². The Morgan fingerprint density at radius 2 is 1.89 bits per heavy atom. The molecule has 35 heavy (non-hydrogen) atoms. The highest BCUT2D eigenvalue weighted by Gasteiger charge is 2.48. The summed E-state index contributed by atoms with van der Waals surface area (Å²) in [6, 6.07) is 12.3. The number of nitro groups is 1. The summed E-state index contributed by atoms with van der Waals surface area (Å²) in [5, 5.41) is 22.8. The van der Waals surface area contributed by atoms with Crippen LogP contribution in [0.2, 0.25) is 10.0 Å². The number of anilines is 1. The van der Waals surface area contributed by atoms with Crippen LogP contribution in [0.4, 0.5) is 10.8 Å². The maximum absolute atomic E-state index is 13.2. The number of Topliss-reactive ketones (excluding diaryl/α,β-unsaturated/α-hetero) is 1. The minimum absolute atomic E-state index is 0.129. The van der Waals surface area contributed by atoms with E-state index in [2.05, 4.69) is 9.97 Å². The number of fused-ring (bicyclic) bond motifs is 1. The Labute approximate surface area is 211 Å². The number of benzene rings is 2. The number of rotatable bonds is 4. The van der Waals surface area contributed by atoms with Crippen LogP contribution in [0.25, 0.3) is 16.0 Å². The summed E-state index contributed by atoms with van der Waals surface area (Å²) in [4.78, 5) is 46.9. The van der Waals surface area contributed by atoms with E-state index in [0.29, 0.717) is 15.9 Å². The molecule has 1 fully saturated rings. The maximum atomic E-state index is 13.2. The topological polar surface area (TPSA) is 127 Å². The zero-order valence-electron chi connectivity index (χ0n) is 17.4. The molecule has 0 spiro atoms. The summed E-state index contributed by atoms with van der Waals surface area (Å²) >= 11 is 13.1. The average molecular weight is 527 g/mol. The molecule has 1 aliphatic heterocycles. The fourth-order valence-electron chi connectivity index (χ4n) is 3.76. The number of hydrogen-bond donors (Lipinski definition) is 1. The Kier molecular flexibility index (Phi) is 5.72. The normalized spacial score (nSPS) is 17.3. The highest BCUT2D eigenvalue weighted by Crippen LogP contribution is 2.44. The van der Waals surface area contributed by atoms with Crippen molar-refractivity contribution in [2.24, 2.45) is 0 Å². The molecule has 0 bridgehead atoms. The first-order valence-corrected chi connectivity index (χ1v) is 11.6. The van der Waals surface area contributed by atoms with Crippen LogP contribution < -0.4 is 4.90 Å². The number of thiazole rings is 1. The molecule has 1 unspecified atom stereocenters. The summed E-state index contributed by atoms with van der Waals surface area (Å²) in [6.07, 6.45) is 1.50. The number of aromatic nitrogens is 2. The molecule has 4 aromatic rings. The first-order chi connectivity index (χ1) is 16.8. The van der Waals surface area contributed by atoms with Crippen molar-refractivity contribution in [1.82, 2.24) is 9.97 Å². The number of amides is 1. The van der Waals surface area contributed by atoms with E-state index in [-0.39, 0.29) is 32.0 Å². The molecule has 2 aromatic heterocycles. The van der Waals surface area contributed by atoms with Crippen LogP contribution in [0.3, 0.4) is 0 Å². The van der Waals surface area contributed by atoms with Crippen LogP contribution in [0, 0.1) is 10.1 Å². The highest BCUT2D eigenvalue weighted by atomic mass is 35.5. The second kappa shape index (κ2) is 8.73. The number of hydrogen-bond acceptors (Lipinski definition) is 8. The smallest absolute Gasteiger partial charge is 0.301 e. The Hall–Kier alpha value is -3.86. The molecule has 9 nitrogen and oxygen atoms in total. The number of nitro benzene ring substituents is 1. The fraction of sp³-hybridized carbons (Fsp3) is 0.0435. The van der Waals surface area contributed by atoms with Gasteiger partial charge < -0.3 is 5.11 Å². The first-order valence-electron chi connectivity index (χ1n) is 9.98. The summed E-state index contributed by atoms with van der Waals surface area (Å²) in [6.45, 7) is 0. The number of aliphatic hydroxyl groups is 1. The molecular weight excluding hydrogens is 515 g/mol. The molecule has 0 saturated carbocycles. The molecule has 0 aliphatic carbocycles. The third kappa shape index (κ3) is 3.91. The van der Waals surface area contributed by atoms with Gasteiger partial charge in [-0.05, 0) is 36.4 Å². The number of carbonyl (C=O) groups excluding carboxylic acids is 2. The Morgan fingerprint density at radius 3 is 2.57 bits per heavy atom. The van der Waals surface area contributed by atoms with Crippen molar-refractivity contribution in [3.05, 3.63) is 97.8 Å². The standard InChI is InChI=1S/C23H12Cl2N4O5S/c24-13-6-4-11(9-14(13)25)20(30)18-19(16-3-1-2-8-26-16)28(22(32)21(18)31)23-27-15-7-5-12(29(33)34)10-17(15)35-23/h1-10,19,30H/b20-18+. The second-order valence-corrected chi connectivity index (χ2v) is 9.28. The van der Waals surface area contributed by atoms with Crippen LogP contribution in [0.1, 0.15) is 17.3 Å². The van der Waals surface area contributed by atoms with Crippen LogP contribution >= 0.6 is 34.5 Å². The Bertz CT molecular complexity index is 1570. The van der Waals surface area contributed by atoms with E-state index in [1.54, 1.807) is 18.2 Å². The minimum Gasteiger partial charge on any atom is -0.507 e. The summed E-state index contributed by atoms with van der Waals surface area (Å²) in [7, 11) is 0. The SMILES string of the molecule is O=C1C(=O)N(c2nc3ccc([N+](=O)[O-])cc3s2)C(c2ccccn2)/C1=C(\O)c1ccc(Cl)c(Cl)c1. The lowest BCUT2D eigenvalue weighted by molar-refractivity contribution is -0.384. The lowest BCUT2D eigenvalue weighted by Gasteiger charge is -2.22. The minimum atomic E-state index is -1.10. The molecule has 3 heterocycles. The van der Waals surface area contributed by atoms with Gasteiger partial charge in [-0.15, -0.1) is 0 Å². The van der Waals surface area contributed by atoms with Crippen LogP contribution in [0.15, 0.2) is 66.4 Å². The number of carbonyl (C=O) groups is 2. The van der Waals surface area contributed by atoms with Crippen molar-refractivity contribution >= 4 is 73.0 Å². The molecule has 1 atom stereocenters. The van der Waals surface area contributed by atoms with Crippen LogP contribution in [-0.2, 0) is 9.59 Å². The first kappa shape index (κ1) is 22.9. The second-order valence-electron chi connectivity index (χ2n) is 7.46. The van der Waals surface area contributed by atoms with Gasteiger partial charge in [0.25, 0.3) is 11.5 Å². The van der Waals surface area contributed by atoms with E-state index in [9.17, 15) is 24.8 Å². The van der Waals surface area contributed by atoms with Crippen molar-refractivity contribution in [3.8, 4) is 0 Å². The third-order valence-corrected chi connectivity index (χ3v) is 7.14. The van der Waals surface area contributed by atoms with E-state index < -0.39 is 28.4 Å². The molecular formula is C23H12Cl2N4O5S. The largest absolute Gasteiger partial charge is 0.507 e. The molecule has 1 saturated heterocycles. The van der Waals surface area contributed by atoms with E-state index in [4.69, 9.17) is 23.2 Å². The summed E-state index contributed by atoms with van der Waals surface area (Å²) in [5.41, 5.74) is 0.603. The van der Waals surface area contributed by atoms with E-state index >= 15 is 0 Å². The zero-order valence-corrected chi connectivity index (χ0v) is 19.7. The van der Waals surface area contributed by atoms with Gasteiger partial charge in [0.1, 0.15) is 11.8 Å². The number of ketones is 1. The average Bonchev–Trinajstić information content (AvgIpc) is 3.38.